The average Bonchev–Trinajstić information content (AvgIpc) is 3.49. The van der Waals surface area contributed by atoms with Gasteiger partial charge in [-0.05, 0) is 48.9 Å². The standard InChI is InChI=1S/C13H12FN3O4.C9H5FO2.2CH4/c1-2-20-13(19)10(16-17-15)11(18)8-3-4-9(14)7-5-6-21-12(7)8;10-8-2-1-6(5-11)9-7(8)3-4-12-9;;/h3-6,10-11,18H,2H2,1H3;1-5H;2*1H4. The van der Waals surface area contributed by atoms with E-state index < -0.39 is 23.9 Å². The molecule has 11 heteroatoms. The highest BCUT2D eigenvalue weighted by molar-refractivity contribution is 5.94. The first-order valence-electron chi connectivity index (χ1n) is 9.58. The van der Waals surface area contributed by atoms with Crippen molar-refractivity contribution in [1.82, 2.24) is 0 Å². The summed E-state index contributed by atoms with van der Waals surface area (Å²) in [6, 6.07) is 6.47. The van der Waals surface area contributed by atoms with Crippen LogP contribution in [0, 0.1) is 11.6 Å². The number of carbonyl (C=O) groups is 2. The number of hydrogen-bond acceptors (Lipinski definition) is 7. The van der Waals surface area contributed by atoms with Crippen molar-refractivity contribution in [3.05, 3.63) is 82.1 Å². The molecular formula is C24H25F2N3O6. The maximum Gasteiger partial charge on any atom is 0.317 e. The van der Waals surface area contributed by atoms with Crippen LogP contribution < -0.4 is 0 Å². The molecule has 0 bridgehead atoms. The molecule has 0 fully saturated rings. The molecule has 0 aliphatic carbocycles. The molecule has 9 nitrogen and oxygen atoms in total. The highest BCUT2D eigenvalue weighted by Gasteiger charge is 2.30. The highest BCUT2D eigenvalue weighted by atomic mass is 19.1. The fourth-order valence-electron chi connectivity index (χ4n) is 3.12. The smallest absolute Gasteiger partial charge is 0.317 e. The maximum atomic E-state index is 13.6. The minimum Gasteiger partial charge on any atom is -0.466 e. The summed E-state index contributed by atoms with van der Waals surface area (Å²) in [6.45, 7) is 1.66. The van der Waals surface area contributed by atoms with Gasteiger partial charge < -0.3 is 18.7 Å². The Labute approximate surface area is 199 Å². The summed E-state index contributed by atoms with van der Waals surface area (Å²) in [7, 11) is 0. The van der Waals surface area contributed by atoms with Gasteiger partial charge in [-0.2, -0.15) is 0 Å². The number of benzene rings is 2. The van der Waals surface area contributed by atoms with Crippen LogP contribution in [0.25, 0.3) is 32.4 Å². The first-order valence-corrected chi connectivity index (χ1v) is 9.58. The predicted molar refractivity (Wildman–Crippen MR) is 126 cm³/mol. The summed E-state index contributed by atoms with van der Waals surface area (Å²) in [5.74, 6) is -1.76. The van der Waals surface area contributed by atoms with Crippen LogP contribution in [0.4, 0.5) is 8.78 Å². The molecule has 35 heavy (non-hydrogen) atoms. The minimum atomic E-state index is -1.51. The summed E-state index contributed by atoms with van der Waals surface area (Å²) in [5, 5.41) is 14.0. The van der Waals surface area contributed by atoms with Gasteiger partial charge in [-0.15, -0.1) is 0 Å². The predicted octanol–water partition coefficient (Wildman–Crippen LogP) is 6.50. The fraction of sp³-hybridized carbons (Fsp3) is 0.250. The van der Waals surface area contributed by atoms with Gasteiger partial charge in [0.05, 0.1) is 35.5 Å². The second-order valence-corrected chi connectivity index (χ2v) is 6.56. The summed E-state index contributed by atoms with van der Waals surface area (Å²) in [5.41, 5.74) is 9.43. The molecule has 0 radical (unpaired) electrons. The number of aliphatic hydroxyl groups excluding tert-OH is 1. The summed E-state index contributed by atoms with van der Waals surface area (Å²) in [6.07, 6.45) is 1.76. The zero-order chi connectivity index (χ0) is 24.0. The Hall–Kier alpha value is -4.21. The number of esters is 1. The Morgan fingerprint density at radius 2 is 1.66 bits per heavy atom. The number of halogens is 2. The van der Waals surface area contributed by atoms with E-state index in [-0.39, 0.29) is 43.8 Å². The number of azide groups is 1. The number of rotatable bonds is 6. The summed E-state index contributed by atoms with van der Waals surface area (Å²) >= 11 is 0. The Balaban J connectivity index is 0.000000374. The largest absolute Gasteiger partial charge is 0.466 e. The number of fused-ring (bicyclic) bond motifs is 2. The second-order valence-electron chi connectivity index (χ2n) is 6.56. The van der Waals surface area contributed by atoms with E-state index in [0.717, 1.165) is 6.07 Å². The van der Waals surface area contributed by atoms with Gasteiger partial charge in [0.2, 0.25) is 0 Å². The quantitative estimate of drug-likeness (QED) is 0.108. The van der Waals surface area contributed by atoms with Crippen LogP contribution in [0.5, 0.6) is 0 Å². The summed E-state index contributed by atoms with van der Waals surface area (Å²) < 4.78 is 41.4. The van der Waals surface area contributed by atoms with Gasteiger partial charge in [0.1, 0.15) is 28.9 Å². The number of carbonyl (C=O) groups excluding carboxylic acids is 2. The Morgan fingerprint density at radius 3 is 2.23 bits per heavy atom. The number of ether oxygens (including phenoxy) is 1. The molecule has 0 aliphatic rings. The molecule has 4 aromatic rings. The van der Waals surface area contributed by atoms with Crippen molar-refractivity contribution in [2.75, 3.05) is 6.61 Å². The molecule has 0 saturated heterocycles. The monoisotopic (exact) mass is 489 g/mol. The van der Waals surface area contributed by atoms with Crippen molar-refractivity contribution in [1.29, 1.82) is 0 Å². The van der Waals surface area contributed by atoms with Crippen molar-refractivity contribution in [2.24, 2.45) is 5.11 Å². The van der Waals surface area contributed by atoms with Crippen molar-refractivity contribution in [3.63, 3.8) is 0 Å². The lowest BCUT2D eigenvalue weighted by molar-refractivity contribution is -0.147. The van der Waals surface area contributed by atoms with Crippen LogP contribution in [0.15, 0.2) is 62.9 Å². The Bertz CT molecular complexity index is 1340. The lowest BCUT2D eigenvalue weighted by atomic mass is 10.0. The van der Waals surface area contributed by atoms with Gasteiger partial charge in [-0.1, -0.05) is 20.0 Å². The Morgan fingerprint density at radius 1 is 1.09 bits per heavy atom. The number of aliphatic hydroxyl groups is 1. The van der Waals surface area contributed by atoms with E-state index in [2.05, 4.69) is 10.0 Å². The van der Waals surface area contributed by atoms with Crippen LogP contribution in [0.3, 0.4) is 0 Å². The third kappa shape index (κ3) is 6.03. The van der Waals surface area contributed by atoms with E-state index in [9.17, 15) is 23.5 Å². The molecule has 2 heterocycles. The molecule has 1 N–H and O–H groups in total. The number of nitrogens with zero attached hydrogens (tertiary/aromatic N) is 3. The van der Waals surface area contributed by atoms with Crippen LogP contribution >= 0.6 is 0 Å². The van der Waals surface area contributed by atoms with E-state index >= 15 is 0 Å². The Kier molecular flexibility index (Phi) is 10.6. The molecule has 2 atom stereocenters. The molecule has 4 rings (SSSR count). The molecule has 0 spiro atoms. The van der Waals surface area contributed by atoms with Crippen molar-refractivity contribution in [2.45, 2.75) is 33.9 Å². The molecule has 186 valence electrons. The average molecular weight is 489 g/mol. The maximum absolute atomic E-state index is 13.6. The summed E-state index contributed by atoms with van der Waals surface area (Å²) in [4.78, 5) is 24.7. The number of aldehydes is 1. The van der Waals surface area contributed by atoms with E-state index in [1.165, 1.54) is 42.9 Å². The molecule has 2 aromatic carbocycles. The van der Waals surface area contributed by atoms with Crippen LogP contribution in [0.1, 0.15) is 43.8 Å². The van der Waals surface area contributed by atoms with Gasteiger partial charge >= 0.3 is 5.97 Å². The number of hydrogen-bond donors (Lipinski definition) is 1. The van der Waals surface area contributed by atoms with Crippen molar-refractivity contribution in [3.8, 4) is 0 Å². The van der Waals surface area contributed by atoms with Crippen LogP contribution in [-0.4, -0.2) is 30.0 Å². The van der Waals surface area contributed by atoms with Crippen molar-refractivity contribution >= 4 is 34.2 Å². The number of furan rings is 2. The van der Waals surface area contributed by atoms with Crippen LogP contribution in [0.2, 0.25) is 0 Å². The zero-order valence-corrected chi connectivity index (χ0v) is 17.1. The topological polar surface area (TPSA) is 139 Å². The fourth-order valence-corrected chi connectivity index (χ4v) is 3.12. The third-order valence-corrected chi connectivity index (χ3v) is 4.64. The normalized spacial score (nSPS) is 11.7. The van der Waals surface area contributed by atoms with Gasteiger partial charge in [-0.3, -0.25) is 9.59 Å². The molecule has 2 aromatic heterocycles. The first-order chi connectivity index (χ1) is 15.9. The van der Waals surface area contributed by atoms with Gasteiger partial charge in [0.15, 0.2) is 12.3 Å². The molecule has 0 amide bonds. The van der Waals surface area contributed by atoms with E-state index in [4.69, 9.17) is 19.1 Å². The minimum absolute atomic E-state index is 0. The van der Waals surface area contributed by atoms with E-state index in [0.29, 0.717) is 22.8 Å². The molecule has 2 unspecified atom stereocenters. The SMILES string of the molecule is C.C.CCOC(=O)C(N=[N+]=[N-])C(O)c1ccc(F)c2ccoc12.O=Cc1ccc(F)c2ccoc12. The third-order valence-electron chi connectivity index (χ3n) is 4.64. The van der Waals surface area contributed by atoms with E-state index in [1.54, 1.807) is 6.92 Å². The van der Waals surface area contributed by atoms with Gasteiger partial charge in [-0.25, -0.2) is 8.78 Å². The van der Waals surface area contributed by atoms with Crippen molar-refractivity contribution < 1.29 is 37.0 Å². The lowest BCUT2D eigenvalue weighted by Gasteiger charge is -2.17. The zero-order valence-electron chi connectivity index (χ0n) is 17.1. The molecular weight excluding hydrogens is 464 g/mol. The van der Waals surface area contributed by atoms with E-state index in [1.807, 2.05) is 0 Å². The van der Waals surface area contributed by atoms with Gasteiger partial charge in [0.25, 0.3) is 0 Å². The van der Waals surface area contributed by atoms with Gasteiger partial charge in [0, 0.05) is 10.5 Å². The second kappa shape index (κ2) is 12.9. The molecule has 0 saturated carbocycles. The molecule has 0 aliphatic heterocycles. The lowest BCUT2D eigenvalue weighted by Crippen LogP contribution is -2.28. The van der Waals surface area contributed by atoms with Crippen LogP contribution in [-0.2, 0) is 9.53 Å². The highest BCUT2D eigenvalue weighted by Crippen LogP contribution is 2.30. The first kappa shape index (κ1) is 28.8.